The van der Waals surface area contributed by atoms with Crippen molar-refractivity contribution in [2.75, 3.05) is 24.0 Å². The number of piperidine rings is 1. The van der Waals surface area contributed by atoms with E-state index in [4.69, 9.17) is 4.74 Å². The lowest BCUT2D eigenvalue weighted by molar-refractivity contribution is 0.0500. The number of nitrogens with one attached hydrogen (secondary N) is 1. The van der Waals surface area contributed by atoms with Crippen molar-refractivity contribution >= 4 is 32.8 Å². The van der Waals surface area contributed by atoms with Gasteiger partial charge in [0.05, 0.1) is 5.52 Å². The fraction of sp³-hybridized carbons (Fsp3) is 0.417. The third-order valence-electron chi connectivity index (χ3n) is 5.44. The van der Waals surface area contributed by atoms with Gasteiger partial charge in [0.2, 0.25) is 11.9 Å². The van der Waals surface area contributed by atoms with Crippen LogP contribution in [0.3, 0.4) is 0 Å². The van der Waals surface area contributed by atoms with E-state index in [9.17, 15) is 17.6 Å². The largest absolute Gasteiger partial charge is 0.444 e. The van der Waals surface area contributed by atoms with E-state index in [1.54, 1.807) is 12.3 Å². The number of alkyl halides is 1. The number of amides is 1. The molecule has 2 aromatic heterocycles. The van der Waals surface area contributed by atoms with Crippen molar-refractivity contribution in [3.05, 3.63) is 42.7 Å². The molecule has 1 aliphatic rings. The number of rotatable bonds is 6. The molecule has 0 saturated carbocycles. The second kappa shape index (κ2) is 10.2. The Hall–Kier alpha value is -3.54. The number of pyridine rings is 1. The van der Waals surface area contributed by atoms with Crippen molar-refractivity contribution in [2.45, 2.75) is 45.3 Å². The zero-order valence-corrected chi connectivity index (χ0v) is 21.1. The molecular weight excluding hydrogens is 489 g/mol. The van der Waals surface area contributed by atoms with Crippen LogP contribution in [0, 0.1) is 0 Å². The maximum Gasteiger partial charge on any atom is 0.407 e. The molecule has 1 unspecified atom stereocenters. The number of carbonyl (C=O) groups excluding carboxylic acids is 1. The molecule has 1 aliphatic heterocycles. The third-order valence-corrected chi connectivity index (χ3v) is 6.13. The summed E-state index contributed by atoms with van der Waals surface area (Å²) in [4.78, 5) is 27.3. The molecule has 1 aromatic carbocycles. The molecule has 0 aliphatic carbocycles. The molecule has 10 nitrogen and oxygen atoms in total. The van der Waals surface area contributed by atoms with Crippen LogP contribution in [0.25, 0.3) is 22.3 Å². The van der Waals surface area contributed by atoms with Gasteiger partial charge in [0, 0.05) is 54.2 Å². The minimum Gasteiger partial charge on any atom is -0.444 e. The van der Waals surface area contributed by atoms with Gasteiger partial charge in [0.1, 0.15) is 5.60 Å². The minimum absolute atomic E-state index is 0.0744. The molecule has 1 saturated heterocycles. The topological polar surface area (TPSA) is 124 Å². The average molecular weight is 518 g/mol. The van der Waals surface area contributed by atoms with E-state index in [2.05, 4.69) is 29.4 Å². The van der Waals surface area contributed by atoms with E-state index in [0.29, 0.717) is 12.1 Å². The van der Waals surface area contributed by atoms with Gasteiger partial charge in [-0.15, -0.1) is 0 Å². The summed E-state index contributed by atoms with van der Waals surface area (Å²) in [6.07, 6.45) is 4.36. The molecule has 1 N–H and O–H groups in total. The summed E-state index contributed by atoms with van der Waals surface area (Å²) in [6, 6.07) is 6.89. The summed E-state index contributed by atoms with van der Waals surface area (Å²) in [7, 11) is -4.36. The van der Waals surface area contributed by atoms with Gasteiger partial charge in [-0.3, -0.25) is 4.98 Å². The van der Waals surface area contributed by atoms with Crippen molar-refractivity contribution in [1.29, 1.82) is 0 Å². The quantitative estimate of drug-likeness (QED) is 0.486. The van der Waals surface area contributed by atoms with Crippen molar-refractivity contribution in [3.63, 3.8) is 0 Å². The van der Waals surface area contributed by atoms with Gasteiger partial charge in [0.25, 0.3) is 0 Å². The number of benzene rings is 1. The molecule has 3 heterocycles. The first-order valence-electron chi connectivity index (χ1n) is 11.5. The summed E-state index contributed by atoms with van der Waals surface area (Å²) in [5, 5.41) is 3.81. The van der Waals surface area contributed by atoms with Crippen LogP contribution in [-0.2, 0) is 14.9 Å². The number of hydrogen-bond acceptors (Lipinski definition) is 9. The van der Waals surface area contributed by atoms with E-state index in [-0.39, 0.29) is 17.7 Å². The van der Waals surface area contributed by atoms with Gasteiger partial charge in [-0.2, -0.15) is 13.4 Å². The lowest BCUT2D eigenvalue weighted by atomic mass is 10.0. The van der Waals surface area contributed by atoms with E-state index in [0.717, 1.165) is 36.0 Å². The molecule has 192 valence electrons. The number of hydrogen-bond donors (Lipinski definition) is 1. The van der Waals surface area contributed by atoms with E-state index in [1.165, 1.54) is 12.3 Å². The first-order valence-corrected chi connectivity index (χ1v) is 13.1. The molecule has 0 radical (unpaired) electrons. The summed E-state index contributed by atoms with van der Waals surface area (Å²) in [5.74, 6) is -0.0439. The predicted molar refractivity (Wildman–Crippen MR) is 133 cm³/mol. The Morgan fingerprint density at radius 1 is 1.19 bits per heavy atom. The van der Waals surface area contributed by atoms with Crippen LogP contribution in [0.4, 0.5) is 14.9 Å². The van der Waals surface area contributed by atoms with E-state index >= 15 is 0 Å². The average Bonchev–Trinajstić information content (AvgIpc) is 2.82. The molecule has 1 atom stereocenters. The zero-order chi connectivity index (χ0) is 25.9. The Bertz CT molecular complexity index is 1360. The standard InChI is InChI=1S/C24H28FN5O5S/c1-24(2,3)34-23(31)28-17-5-4-12-30(14-17)20-8-10-26-19-7-6-16(13-18(19)20)22-27-11-9-21(29-22)35-36(32,33)15-25/h6-11,13,17H,4-5,12,14-15H2,1-3H3,(H,28,31). The fourth-order valence-electron chi connectivity index (χ4n) is 4.01. The van der Waals surface area contributed by atoms with Gasteiger partial charge in [-0.05, 0) is 57.9 Å². The number of ether oxygens (including phenoxy) is 1. The maximum atomic E-state index is 12.6. The first kappa shape index (κ1) is 25.5. The number of halogens is 1. The van der Waals surface area contributed by atoms with Gasteiger partial charge < -0.3 is 19.1 Å². The monoisotopic (exact) mass is 517 g/mol. The molecular formula is C24H28FN5O5S. The van der Waals surface area contributed by atoms with Crippen LogP contribution in [0.1, 0.15) is 33.6 Å². The van der Waals surface area contributed by atoms with Crippen molar-refractivity contribution in [2.24, 2.45) is 0 Å². The Balaban J connectivity index is 1.60. The normalized spacial score (nSPS) is 16.6. The SMILES string of the molecule is CC(C)(C)OC(=O)NC1CCCN(c2ccnc3ccc(-c4nccc(OS(=O)(=O)CF)n4)cc23)C1. The number of alkyl carbamates (subject to hydrolysis) is 1. The second-order valence-electron chi connectivity index (χ2n) is 9.46. The summed E-state index contributed by atoms with van der Waals surface area (Å²) < 4.78 is 45.7. The number of fused-ring (bicyclic) bond motifs is 1. The Kier molecular flexibility index (Phi) is 7.25. The van der Waals surface area contributed by atoms with Gasteiger partial charge in [0.15, 0.2) is 5.82 Å². The number of carbonyl (C=O) groups is 1. The molecule has 3 aromatic rings. The molecule has 4 rings (SSSR count). The second-order valence-corrected chi connectivity index (χ2v) is 11.0. The van der Waals surface area contributed by atoms with Crippen LogP contribution in [-0.4, -0.2) is 60.2 Å². The third kappa shape index (κ3) is 6.36. The highest BCUT2D eigenvalue weighted by Crippen LogP contribution is 2.31. The zero-order valence-electron chi connectivity index (χ0n) is 20.3. The molecule has 12 heteroatoms. The van der Waals surface area contributed by atoms with Gasteiger partial charge >= 0.3 is 16.2 Å². The Labute approximate surface area is 209 Å². The van der Waals surface area contributed by atoms with E-state index < -0.39 is 27.8 Å². The smallest absolute Gasteiger partial charge is 0.407 e. The highest BCUT2D eigenvalue weighted by atomic mass is 32.2. The number of anilines is 1. The summed E-state index contributed by atoms with van der Waals surface area (Å²) >= 11 is 0. The molecule has 1 amide bonds. The van der Waals surface area contributed by atoms with E-state index in [1.807, 2.05) is 39.0 Å². The summed E-state index contributed by atoms with van der Waals surface area (Å²) in [5.41, 5.74) is 1.73. The molecule has 1 fully saturated rings. The molecule has 0 spiro atoms. The first-order chi connectivity index (χ1) is 17.0. The highest BCUT2D eigenvalue weighted by Gasteiger charge is 2.25. The van der Waals surface area contributed by atoms with Crippen LogP contribution in [0.15, 0.2) is 42.7 Å². The Morgan fingerprint density at radius 2 is 1.97 bits per heavy atom. The van der Waals surface area contributed by atoms with Crippen molar-refractivity contribution in [3.8, 4) is 17.3 Å². The van der Waals surface area contributed by atoms with Gasteiger partial charge in [-0.1, -0.05) is 0 Å². The van der Waals surface area contributed by atoms with Crippen molar-refractivity contribution < 1.29 is 26.5 Å². The van der Waals surface area contributed by atoms with Crippen LogP contribution < -0.4 is 14.4 Å². The van der Waals surface area contributed by atoms with Gasteiger partial charge in [-0.25, -0.2) is 14.2 Å². The number of nitrogens with zero attached hydrogens (tertiary/aromatic N) is 4. The lowest BCUT2D eigenvalue weighted by Crippen LogP contribution is -2.49. The molecule has 0 bridgehead atoms. The van der Waals surface area contributed by atoms with Crippen LogP contribution in [0.2, 0.25) is 0 Å². The number of aromatic nitrogens is 3. The lowest BCUT2D eigenvalue weighted by Gasteiger charge is -2.35. The fourth-order valence-corrected chi connectivity index (χ4v) is 4.41. The van der Waals surface area contributed by atoms with Crippen molar-refractivity contribution in [1.82, 2.24) is 20.3 Å². The van der Waals surface area contributed by atoms with Crippen LogP contribution in [0.5, 0.6) is 5.88 Å². The molecule has 36 heavy (non-hydrogen) atoms. The minimum atomic E-state index is -4.36. The van der Waals surface area contributed by atoms with Crippen LogP contribution >= 0.6 is 0 Å². The highest BCUT2D eigenvalue weighted by molar-refractivity contribution is 7.86. The maximum absolute atomic E-state index is 12.6. The summed E-state index contributed by atoms with van der Waals surface area (Å²) in [6.45, 7) is 6.88. The Morgan fingerprint density at radius 3 is 2.72 bits per heavy atom. The predicted octanol–water partition coefficient (Wildman–Crippen LogP) is 3.82.